The van der Waals surface area contributed by atoms with Crippen molar-refractivity contribution in [1.29, 1.82) is 0 Å². The predicted octanol–water partition coefficient (Wildman–Crippen LogP) is 4.77. The fraction of sp³-hybridized carbons (Fsp3) is 0.176. The van der Waals surface area contributed by atoms with Crippen molar-refractivity contribution < 1.29 is 9.53 Å². The number of H-pyrrole nitrogens is 1. The number of halogens is 2. The van der Waals surface area contributed by atoms with Crippen molar-refractivity contribution in [2.75, 3.05) is 6.61 Å². The van der Waals surface area contributed by atoms with Crippen molar-refractivity contribution in [3.63, 3.8) is 0 Å². The highest BCUT2D eigenvalue weighted by atomic mass is 79.9. The molecule has 0 amide bonds. The molecule has 0 fully saturated rings. The Morgan fingerprint density at radius 2 is 2.17 bits per heavy atom. The second kappa shape index (κ2) is 7.15. The quantitative estimate of drug-likeness (QED) is 0.502. The zero-order chi connectivity index (χ0) is 16.2. The average molecular weight is 394 g/mol. The summed E-state index contributed by atoms with van der Waals surface area (Å²) in [5, 5.41) is 1.83. The molecule has 0 unspecified atom stereocenters. The van der Waals surface area contributed by atoms with Crippen LogP contribution in [0.1, 0.15) is 22.3 Å². The lowest BCUT2D eigenvalue weighted by Gasteiger charge is -2.05. The highest BCUT2D eigenvalue weighted by Crippen LogP contribution is 2.23. The number of benzene rings is 1. The Morgan fingerprint density at radius 3 is 3.00 bits per heavy atom. The Labute approximate surface area is 147 Å². The number of nitrogens with one attached hydrogen (secondary N) is 1. The molecule has 0 aliphatic carbocycles. The van der Waals surface area contributed by atoms with Gasteiger partial charge in [-0.05, 0) is 58.6 Å². The zero-order valence-electron chi connectivity index (χ0n) is 12.2. The number of fused-ring (bicyclic) bond motifs is 1. The Bertz CT molecular complexity index is 847. The monoisotopic (exact) mass is 392 g/mol. The van der Waals surface area contributed by atoms with Gasteiger partial charge in [-0.15, -0.1) is 0 Å². The molecule has 0 atom stereocenters. The van der Waals surface area contributed by atoms with E-state index in [2.05, 4.69) is 25.9 Å². The number of pyridine rings is 1. The molecule has 1 N–H and O–H groups in total. The first-order valence-electron chi connectivity index (χ1n) is 7.16. The maximum Gasteiger partial charge on any atom is 0.339 e. The van der Waals surface area contributed by atoms with Gasteiger partial charge in [-0.25, -0.2) is 4.79 Å². The SMILES string of the molecule is O=C(OCCCc1c[nH]c2ccc(Cl)cc12)c1cncc(Br)c1. The number of ether oxygens (including phenoxy) is 1. The van der Waals surface area contributed by atoms with Crippen molar-refractivity contribution >= 4 is 44.4 Å². The molecule has 2 heterocycles. The number of hydrogen-bond acceptors (Lipinski definition) is 3. The van der Waals surface area contributed by atoms with Crippen LogP contribution in [0.15, 0.2) is 47.3 Å². The van der Waals surface area contributed by atoms with Gasteiger partial charge in [0.05, 0.1) is 12.2 Å². The zero-order valence-corrected chi connectivity index (χ0v) is 14.5. The Morgan fingerprint density at radius 1 is 1.30 bits per heavy atom. The topological polar surface area (TPSA) is 55.0 Å². The molecule has 0 saturated carbocycles. The molecule has 0 radical (unpaired) electrons. The number of aromatic nitrogens is 2. The number of aromatic amines is 1. The molecule has 2 aromatic heterocycles. The lowest BCUT2D eigenvalue weighted by molar-refractivity contribution is 0.0500. The second-order valence-corrected chi connectivity index (χ2v) is 6.49. The van der Waals surface area contributed by atoms with Gasteiger partial charge < -0.3 is 9.72 Å². The van der Waals surface area contributed by atoms with E-state index in [9.17, 15) is 4.79 Å². The number of esters is 1. The van der Waals surface area contributed by atoms with Crippen molar-refractivity contribution in [2.45, 2.75) is 12.8 Å². The van der Waals surface area contributed by atoms with Crippen LogP contribution in [0, 0.1) is 0 Å². The van der Waals surface area contributed by atoms with Crippen molar-refractivity contribution in [1.82, 2.24) is 9.97 Å². The van der Waals surface area contributed by atoms with E-state index >= 15 is 0 Å². The third kappa shape index (κ3) is 3.92. The molecule has 1 aromatic carbocycles. The highest BCUT2D eigenvalue weighted by molar-refractivity contribution is 9.10. The van der Waals surface area contributed by atoms with E-state index in [1.54, 1.807) is 12.3 Å². The summed E-state index contributed by atoms with van der Waals surface area (Å²) in [5.41, 5.74) is 2.67. The van der Waals surface area contributed by atoms with Crippen LogP contribution in [-0.4, -0.2) is 22.5 Å². The van der Waals surface area contributed by atoms with Crippen LogP contribution in [0.5, 0.6) is 0 Å². The summed E-state index contributed by atoms with van der Waals surface area (Å²) in [7, 11) is 0. The fourth-order valence-corrected chi connectivity index (χ4v) is 2.93. The number of rotatable bonds is 5. The molecule has 23 heavy (non-hydrogen) atoms. The summed E-state index contributed by atoms with van der Waals surface area (Å²) in [5.74, 6) is -0.360. The molecule has 0 bridgehead atoms. The van der Waals surface area contributed by atoms with Gasteiger partial charge in [-0.2, -0.15) is 0 Å². The molecule has 0 spiro atoms. The number of nitrogens with zero attached hydrogens (tertiary/aromatic N) is 1. The number of carbonyl (C=O) groups excluding carboxylic acids is 1. The van der Waals surface area contributed by atoms with E-state index in [1.165, 1.54) is 11.8 Å². The molecule has 3 rings (SSSR count). The summed E-state index contributed by atoms with van der Waals surface area (Å²) >= 11 is 9.32. The van der Waals surface area contributed by atoms with Crippen LogP contribution in [0.25, 0.3) is 10.9 Å². The molecule has 118 valence electrons. The van der Waals surface area contributed by atoms with Crippen molar-refractivity contribution in [3.05, 3.63) is 63.5 Å². The van der Waals surface area contributed by atoms with E-state index in [1.807, 2.05) is 24.4 Å². The van der Waals surface area contributed by atoms with Crippen LogP contribution >= 0.6 is 27.5 Å². The van der Waals surface area contributed by atoms with Gasteiger partial charge in [0.1, 0.15) is 0 Å². The maximum absolute atomic E-state index is 11.9. The minimum atomic E-state index is -0.360. The van der Waals surface area contributed by atoms with Gasteiger partial charge in [0.2, 0.25) is 0 Å². The van der Waals surface area contributed by atoms with Gasteiger partial charge in [0.25, 0.3) is 0 Å². The Kier molecular flexibility index (Phi) is 4.98. The first-order chi connectivity index (χ1) is 11.1. The summed E-state index contributed by atoms with van der Waals surface area (Å²) in [6.07, 6.45) is 6.64. The summed E-state index contributed by atoms with van der Waals surface area (Å²) in [4.78, 5) is 19.1. The first-order valence-corrected chi connectivity index (χ1v) is 8.34. The summed E-state index contributed by atoms with van der Waals surface area (Å²) in [6.45, 7) is 0.360. The fourth-order valence-electron chi connectivity index (χ4n) is 2.39. The van der Waals surface area contributed by atoms with Crippen LogP contribution in [0.4, 0.5) is 0 Å². The standard InChI is InChI=1S/C17H14BrClN2O2/c18-13-6-12(8-20-10-13)17(22)23-5-1-2-11-9-21-16-4-3-14(19)7-15(11)16/h3-4,6-10,21H,1-2,5H2. The van der Waals surface area contributed by atoms with Crippen LogP contribution < -0.4 is 0 Å². The molecule has 0 saturated heterocycles. The van der Waals surface area contributed by atoms with Crippen LogP contribution in [0.3, 0.4) is 0 Å². The molecule has 0 aliphatic rings. The lowest BCUT2D eigenvalue weighted by atomic mass is 10.1. The van der Waals surface area contributed by atoms with E-state index in [4.69, 9.17) is 16.3 Å². The number of carbonyl (C=O) groups is 1. The highest BCUT2D eigenvalue weighted by Gasteiger charge is 2.09. The summed E-state index contributed by atoms with van der Waals surface area (Å²) in [6, 6.07) is 7.46. The third-order valence-corrected chi connectivity index (χ3v) is 4.16. The van der Waals surface area contributed by atoms with Crippen molar-refractivity contribution in [2.24, 2.45) is 0 Å². The normalized spacial score (nSPS) is 10.9. The van der Waals surface area contributed by atoms with Gasteiger partial charge >= 0.3 is 5.97 Å². The van der Waals surface area contributed by atoms with E-state index < -0.39 is 0 Å². The largest absolute Gasteiger partial charge is 0.462 e. The van der Waals surface area contributed by atoms with Gasteiger partial charge in [-0.1, -0.05) is 11.6 Å². The van der Waals surface area contributed by atoms with Crippen molar-refractivity contribution in [3.8, 4) is 0 Å². The predicted molar refractivity (Wildman–Crippen MR) is 93.8 cm³/mol. The molecular weight excluding hydrogens is 380 g/mol. The van der Waals surface area contributed by atoms with Crippen LogP contribution in [0.2, 0.25) is 5.02 Å². The van der Waals surface area contributed by atoms with Gasteiger partial charge in [0, 0.05) is 39.0 Å². The van der Waals surface area contributed by atoms with Gasteiger partial charge in [-0.3, -0.25) is 4.98 Å². The Hall–Kier alpha value is -1.85. The smallest absolute Gasteiger partial charge is 0.339 e. The molecule has 4 nitrogen and oxygen atoms in total. The van der Waals surface area contributed by atoms with E-state index in [0.29, 0.717) is 17.2 Å². The Balaban J connectivity index is 1.55. The maximum atomic E-state index is 11.9. The van der Waals surface area contributed by atoms with Crippen LogP contribution in [-0.2, 0) is 11.2 Å². The molecular formula is C17H14BrClN2O2. The molecule has 0 aliphatic heterocycles. The van der Waals surface area contributed by atoms with E-state index in [-0.39, 0.29) is 5.97 Å². The molecule has 6 heteroatoms. The van der Waals surface area contributed by atoms with Gasteiger partial charge in [0.15, 0.2) is 0 Å². The van der Waals surface area contributed by atoms with E-state index in [0.717, 1.165) is 28.2 Å². The minimum Gasteiger partial charge on any atom is -0.462 e. The minimum absolute atomic E-state index is 0.360. The average Bonchev–Trinajstić information content (AvgIpc) is 2.93. The second-order valence-electron chi connectivity index (χ2n) is 5.14. The first kappa shape index (κ1) is 16.0. The summed E-state index contributed by atoms with van der Waals surface area (Å²) < 4.78 is 6.03. The molecule has 3 aromatic rings. The number of hydrogen-bond donors (Lipinski definition) is 1. The third-order valence-electron chi connectivity index (χ3n) is 3.49. The number of aryl methyl sites for hydroxylation is 1. The lowest BCUT2D eigenvalue weighted by Crippen LogP contribution is -2.07.